The van der Waals surface area contributed by atoms with Crippen molar-refractivity contribution >= 4 is 11.9 Å². The molecule has 6 heteroatoms. The van der Waals surface area contributed by atoms with Gasteiger partial charge in [-0.05, 0) is 27.2 Å². The summed E-state index contributed by atoms with van der Waals surface area (Å²) in [6.45, 7) is 9.82. The fourth-order valence-corrected chi connectivity index (χ4v) is 1.42. The molecule has 0 aromatic carbocycles. The molecule has 1 N–H and O–H groups in total. The van der Waals surface area contributed by atoms with Gasteiger partial charge in [0, 0.05) is 26.0 Å². The van der Waals surface area contributed by atoms with Gasteiger partial charge in [-0.2, -0.15) is 0 Å². The number of carbonyl (C=O) groups excluding carboxylic acids is 2. The van der Waals surface area contributed by atoms with Crippen LogP contribution >= 0.6 is 0 Å². The molecule has 0 spiro atoms. The van der Waals surface area contributed by atoms with Gasteiger partial charge in [0.25, 0.3) is 0 Å². The maximum absolute atomic E-state index is 11.4. The van der Waals surface area contributed by atoms with Gasteiger partial charge in [-0.3, -0.25) is 9.59 Å². The molecule has 0 saturated carbocycles. The van der Waals surface area contributed by atoms with Crippen LogP contribution in [0.5, 0.6) is 0 Å². The van der Waals surface area contributed by atoms with Gasteiger partial charge in [0.15, 0.2) is 0 Å². The van der Waals surface area contributed by atoms with Crippen molar-refractivity contribution in [2.24, 2.45) is 0 Å². The molecule has 0 unspecified atom stereocenters. The van der Waals surface area contributed by atoms with E-state index in [4.69, 9.17) is 14.2 Å². The molecular weight excluding hydrogens is 274 g/mol. The van der Waals surface area contributed by atoms with Crippen LogP contribution in [0.25, 0.3) is 0 Å². The van der Waals surface area contributed by atoms with Crippen LogP contribution in [0.3, 0.4) is 0 Å². The molecule has 0 heterocycles. The average Bonchev–Trinajstić information content (AvgIpc) is 2.38. The molecule has 6 nitrogen and oxygen atoms in total. The van der Waals surface area contributed by atoms with Crippen molar-refractivity contribution in [1.29, 1.82) is 0 Å². The number of hydrogen-bond donors (Lipinski definition) is 1. The first kappa shape index (κ1) is 19.9. The lowest BCUT2D eigenvalue weighted by molar-refractivity contribution is -0.155. The predicted octanol–water partition coefficient (Wildman–Crippen LogP) is 1.67. The van der Waals surface area contributed by atoms with Gasteiger partial charge in [0.05, 0.1) is 19.8 Å². The van der Waals surface area contributed by atoms with E-state index in [0.717, 1.165) is 0 Å². The molecule has 0 aliphatic carbocycles. The standard InChI is InChI=1S/C15H29NO5/c1-5-13(17)16-8-10-20-12-11-19-9-6-7-14(18)21-15(2,3)4/h5-12H2,1-4H3,(H,16,17). The highest BCUT2D eigenvalue weighted by Gasteiger charge is 2.15. The Morgan fingerprint density at radius 1 is 1.00 bits per heavy atom. The van der Waals surface area contributed by atoms with E-state index >= 15 is 0 Å². The molecule has 1 amide bonds. The fourth-order valence-electron chi connectivity index (χ4n) is 1.42. The van der Waals surface area contributed by atoms with Crippen LogP contribution in [-0.4, -0.2) is 50.4 Å². The molecule has 0 atom stereocenters. The SMILES string of the molecule is CCC(=O)NCCOCCOCCCC(=O)OC(C)(C)C. The number of hydrogen-bond acceptors (Lipinski definition) is 5. The van der Waals surface area contributed by atoms with E-state index in [1.807, 2.05) is 20.8 Å². The number of ether oxygens (including phenoxy) is 3. The molecule has 0 aromatic rings. The summed E-state index contributed by atoms with van der Waals surface area (Å²) in [4.78, 5) is 22.3. The maximum Gasteiger partial charge on any atom is 0.306 e. The minimum absolute atomic E-state index is 0.0250. The normalized spacial score (nSPS) is 11.2. The highest BCUT2D eigenvalue weighted by Crippen LogP contribution is 2.08. The summed E-state index contributed by atoms with van der Waals surface area (Å²) in [5.74, 6) is -0.175. The summed E-state index contributed by atoms with van der Waals surface area (Å²) < 4.78 is 15.8. The molecular formula is C15H29NO5. The fraction of sp³-hybridized carbons (Fsp3) is 0.867. The van der Waals surface area contributed by atoms with Crippen LogP contribution in [0.15, 0.2) is 0 Å². The summed E-state index contributed by atoms with van der Waals surface area (Å²) in [7, 11) is 0. The van der Waals surface area contributed by atoms with Crippen molar-refractivity contribution in [1.82, 2.24) is 5.32 Å². The number of rotatable bonds is 11. The lowest BCUT2D eigenvalue weighted by Crippen LogP contribution is -2.26. The minimum Gasteiger partial charge on any atom is -0.460 e. The van der Waals surface area contributed by atoms with Gasteiger partial charge < -0.3 is 19.5 Å². The second-order valence-corrected chi connectivity index (χ2v) is 5.62. The molecule has 0 aliphatic rings. The molecule has 0 aliphatic heterocycles. The number of esters is 1. The highest BCUT2D eigenvalue weighted by atomic mass is 16.6. The topological polar surface area (TPSA) is 73.9 Å². The van der Waals surface area contributed by atoms with Crippen molar-refractivity contribution in [2.75, 3.05) is 33.0 Å². The van der Waals surface area contributed by atoms with E-state index in [2.05, 4.69) is 5.32 Å². The first-order valence-corrected chi connectivity index (χ1v) is 7.49. The van der Waals surface area contributed by atoms with Gasteiger partial charge in [-0.1, -0.05) is 6.92 Å². The van der Waals surface area contributed by atoms with Gasteiger partial charge in [-0.25, -0.2) is 0 Å². The van der Waals surface area contributed by atoms with Gasteiger partial charge >= 0.3 is 5.97 Å². The molecule has 21 heavy (non-hydrogen) atoms. The quantitative estimate of drug-likeness (QED) is 0.464. The zero-order valence-corrected chi connectivity index (χ0v) is 13.7. The third-order valence-corrected chi connectivity index (χ3v) is 2.35. The Hall–Kier alpha value is -1.14. The Morgan fingerprint density at radius 2 is 1.62 bits per heavy atom. The van der Waals surface area contributed by atoms with E-state index in [-0.39, 0.29) is 11.9 Å². The molecule has 0 saturated heterocycles. The van der Waals surface area contributed by atoms with Crippen LogP contribution in [0, 0.1) is 0 Å². The lowest BCUT2D eigenvalue weighted by Gasteiger charge is -2.19. The number of carbonyl (C=O) groups is 2. The number of amides is 1. The third-order valence-electron chi connectivity index (χ3n) is 2.35. The Bertz CT molecular complexity index is 299. The highest BCUT2D eigenvalue weighted by molar-refractivity contribution is 5.75. The second-order valence-electron chi connectivity index (χ2n) is 5.62. The maximum atomic E-state index is 11.4. The molecule has 124 valence electrons. The summed E-state index contributed by atoms with van der Waals surface area (Å²) >= 11 is 0. The summed E-state index contributed by atoms with van der Waals surface area (Å²) in [5.41, 5.74) is -0.432. The van der Waals surface area contributed by atoms with Gasteiger partial charge in [-0.15, -0.1) is 0 Å². The Kier molecular flexibility index (Phi) is 10.9. The zero-order valence-electron chi connectivity index (χ0n) is 13.7. The first-order chi connectivity index (χ1) is 9.85. The zero-order chi connectivity index (χ0) is 16.1. The van der Waals surface area contributed by atoms with Crippen molar-refractivity contribution in [3.63, 3.8) is 0 Å². The monoisotopic (exact) mass is 303 g/mol. The Balaban J connectivity index is 3.26. The van der Waals surface area contributed by atoms with Crippen LogP contribution in [0.2, 0.25) is 0 Å². The van der Waals surface area contributed by atoms with E-state index in [1.54, 1.807) is 6.92 Å². The summed E-state index contributed by atoms with van der Waals surface area (Å²) in [5, 5.41) is 2.72. The van der Waals surface area contributed by atoms with E-state index in [0.29, 0.717) is 52.2 Å². The van der Waals surface area contributed by atoms with Crippen molar-refractivity contribution < 1.29 is 23.8 Å². The molecule has 0 fully saturated rings. The second kappa shape index (κ2) is 11.5. The van der Waals surface area contributed by atoms with Crippen molar-refractivity contribution in [3.8, 4) is 0 Å². The van der Waals surface area contributed by atoms with Gasteiger partial charge in [0.2, 0.25) is 5.91 Å². The van der Waals surface area contributed by atoms with E-state index in [1.165, 1.54) is 0 Å². The van der Waals surface area contributed by atoms with E-state index in [9.17, 15) is 9.59 Å². The first-order valence-electron chi connectivity index (χ1n) is 7.49. The Labute approximate surface area is 127 Å². The van der Waals surface area contributed by atoms with Crippen LogP contribution in [-0.2, 0) is 23.8 Å². The van der Waals surface area contributed by atoms with Crippen LogP contribution in [0.4, 0.5) is 0 Å². The summed E-state index contributed by atoms with van der Waals surface area (Å²) in [6.07, 6.45) is 1.49. The summed E-state index contributed by atoms with van der Waals surface area (Å²) in [6, 6.07) is 0. The largest absolute Gasteiger partial charge is 0.460 e. The van der Waals surface area contributed by atoms with Gasteiger partial charge in [0.1, 0.15) is 5.60 Å². The lowest BCUT2D eigenvalue weighted by atomic mass is 10.2. The average molecular weight is 303 g/mol. The van der Waals surface area contributed by atoms with Crippen molar-refractivity contribution in [2.45, 2.75) is 52.6 Å². The molecule has 0 rings (SSSR count). The molecule has 0 radical (unpaired) electrons. The van der Waals surface area contributed by atoms with E-state index < -0.39 is 5.60 Å². The Morgan fingerprint density at radius 3 is 2.19 bits per heavy atom. The molecule has 0 bridgehead atoms. The van der Waals surface area contributed by atoms with Crippen LogP contribution < -0.4 is 5.32 Å². The number of nitrogens with one attached hydrogen (secondary N) is 1. The third kappa shape index (κ3) is 15.1. The predicted molar refractivity (Wildman–Crippen MR) is 80.0 cm³/mol. The smallest absolute Gasteiger partial charge is 0.306 e. The molecule has 0 aromatic heterocycles. The van der Waals surface area contributed by atoms with Crippen LogP contribution in [0.1, 0.15) is 47.0 Å². The minimum atomic E-state index is -0.432. The van der Waals surface area contributed by atoms with Crippen molar-refractivity contribution in [3.05, 3.63) is 0 Å².